The van der Waals surface area contributed by atoms with E-state index >= 15 is 0 Å². The number of piperidine rings is 1. The van der Waals surface area contributed by atoms with E-state index in [0.717, 1.165) is 19.0 Å². The Morgan fingerprint density at radius 3 is 2.87 bits per heavy atom. The van der Waals surface area contributed by atoms with E-state index in [-0.39, 0.29) is 6.10 Å². The van der Waals surface area contributed by atoms with E-state index in [2.05, 4.69) is 17.1 Å². The summed E-state index contributed by atoms with van der Waals surface area (Å²) in [6, 6.07) is 0.708. The summed E-state index contributed by atoms with van der Waals surface area (Å²) in [7, 11) is 0. The molecule has 2 N–H and O–H groups in total. The van der Waals surface area contributed by atoms with Crippen LogP contribution in [0.3, 0.4) is 0 Å². The van der Waals surface area contributed by atoms with Gasteiger partial charge >= 0.3 is 0 Å². The van der Waals surface area contributed by atoms with Crippen molar-refractivity contribution >= 4 is 0 Å². The normalized spacial score (nSPS) is 30.4. The molecule has 0 spiro atoms. The average molecular weight is 212 g/mol. The summed E-state index contributed by atoms with van der Waals surface area (Å²) in [5, 5.41) is 13.2. The molecule has 2 unspecified atom stereocenters. The highest BCUT2D eigenvalue weighted by Crippen LogP contribution is 2.19. The standard InChI is InChI=1S/C12H24N2O/c1-10-3-2-6-14(8-10)9-12(15)7-13-11-4-5-11/h10-13,15H,2-9H2,1H3. The maximum atomic E-state index is 9.86. The zero-order valence-electron chi connectivity index (χ0n) is 9.78. The Hall–Kier alpha value is -0.120. The number of hydrogen-bond donors (Lipinski definition) is 2. The van der Waals surface area contributed by atoms with Crippen molar-refractivity contribution in [2.75, 3.05) is 26.2 Å². The third-order valence-corrected chi connectivity index (χ3v) is 3.43. The van der Waals surface area contributed by atoms with E-state index < -0.39 is 0 Å². The molecule has 2 rings (SSSR count). The molecule has 0 aromatic carbocycles. The molecule has 0 aromatic rings. The summed E-state index contributed by atoms with van der Waals surface area (Å²) in [6.07, 6.45) is 5.06. The second-order valence-corrected chi connectivity index (χ2v) is 5.34. The summed E-state index contributed by atoms with van der Waals surface area (Å²) in [4.78, 5) is 2.41. The van der Waals surface area contributed by atoms with Crippen molar-refractivity contribution in [1.82, 2.24) is 10.2 Å². The molecular weight excluding hydrogens is 188 g/mol. The Labute approximate surface area is 92.8 Å². The second-order valence-electron chi connectivity index (χ2n) is 5.34. The van der Waals surface area contributed by atoms with Crippen LogP contribution >= 0.6 is 0 Å². The molecule has 0 bridgehead atoms. The lowest BCUT2D eigenvalue weighted by Crippen LogP contribution is -2.43. The van der Waals surface area contributed by atoms with Crippen LogP contribution in [0.2, 0.25) is 0 Å². The lowest BCUT2D eigenvalue weighted by Gasteiger charge is -2.32. The smallest absolute Gasteiger partial charge is 0.0791 e. The van der Waals surface area contributed by atoms with Crippen LogP contribution in [0.15, 0.2) is 0 Å². The van der Waals surface area contributed by atoms with Crippen LogP contribution in [-0.2, 0) is 0 Å². The molecule has 3 heteroatoms. The van der Waals surface area contributed by atoms with Gasteiger partial charge in [0.1, 0.15) is 0 Å². The van der Waals surface area contributed by atoms with E-state index in [1.807, 2.05) is 0 Å². The van der Waals surface area contributed by atoms with Gasteiger partial charge in [0.05, 0.1) is 6.10 Å². The first kappa shape index (κ1) is 11.4. The highest BCUT2D eigenvalue weighted by molar-refractivity contribution is 4.82. The highest BCUT2D eigenvalue weighted by atomic mass is 16.3. The number of hydrogen-bond acceptors (Lipinski definition) is 3. The van der Waals surface area contributed by atoms with Gasteiger partial charge in [0.2, 0.25) is 0 Å². The van der Waals surface area contributed by atoms with Crippen molar-refractivity contribution in [3.05, 3.63) is 0 Å². The molecule has 0 aromatic heterocycles. The molecule has 0 amide bonds. The van der Waals surface area contributed by atoms with E-state index in [1.54, 1.807) is 0 Å². The molecule has 1 heterocycles. The average Bonchev–Trinajstić information content (AvgIpc) is 2.98. The van der Waals surface area contributed by atoms with Gasteiger partial charge in [0, 0.05) is 25.7 Å². The van der Waals surface area contributed by atoms with Gasteiger partial charge in [-0.15, -0.1) is 0 Å². The van der Waals surface area contributed by atoms with Crippen LogP contribution in [0.1, 0.15) is 32.6 Å². The third kappa shape index (κ3) is 4.09. The molecule has 3 nitrogen and oxygen atoms in total. The maximum absolute atomic E-state index is 9.86. The third-order valence-electron chi connectivity index (χ3n) is 3.43. The molecule has 1 aliphatic carbocycles. The summed E-state index contributed by atoms with van der Waals surface area (Å²) < 4.78 is 0. The van der Waals surface area contributed by atoms with Gasteiger partial charge in [-0.3, -0.25) is 0 Å². The summed E-state index contributed by atoms with van der Waals surface area (Å²) >= 11 is 0. The predicted molar refractivity (Wildman–Crippen MR) is 61.9 cm³/mol. The monoisotopic (exact) mass is 212 g/mol. The zero-order valence-corrected chi connectivity index (χ0v) is 9.78. The molecule has 0 radical (unpaired) electrons. The molecular formula is C12H24N2O. The Bertz CT molecular complexity index is 194. The van der Waals surface area contributed by atoms with Crippen molar-refractivity contribution in [2.45, 2.75) is 44.8 Å². The Morgan fingerprint density at radius 1 is 1.40 bits per heavy atom. The maximum Gasteiger partial charge on any atom is 0.0791 e. The minimum Gasteiger partial charge on any atom is -0.390 e. The number of β-amino-alcohol motifs (C(OH)–C–C–N with tert-alkyl or cyclic N) is 1. The SMILES string of the molecule is CC1CCCN(CC(O)CNC2CC2)C1. The number of aliphatic hydroxyl groups excluding tert-OH is 1. The minimum atomic E-state index is -0.184. The largest absolute Gasteiger partial charge is 0.390 e. The van der Waals surface area contributed by atoms with Gasteiger partial charge in [-0.05, 0) is 38.1 Å². The number of aliphatic hydroxyl groups is 1. The second kappa shape index (κ2) is 5.28. The fourth-order valence-electron chi connectivity index (χ4n) is 2.41. The van der Waals surface area contributed by atoms with E-state index in [1.165, 1.54) is 38.8 Å². The summed E-state index contributed by atoms with van der Waals surface area (Å²) in [5.74, 6) is 0.808. The van der Waals surface area contributed by atoms with Crippen molar-refractivity contribution in [1.29, 1.82) is 0 Å². The first-order valence-electron chi connectivity index (χ1n) is 6.38. The summed E-state index contributed by atoms with van der Waals surface area (Å²) in [5.41, 5.74) is 0. The van der Waals surface area contributed by atoms with Crippen molar-refractivity contribution in [3.8, 4) is 0 Å². The van der Waals surface area contributed by atoms with Crippen LogP contribution in [0.5, 0.6) is 0 Å². The molecule has 88 valence electrons. The lowest BCUT2D eigenvalue weighted by molar-refractivity contribution is 0.0868. The van der Waals surface area contributed by atoms with E-state index in [4.69, 9.17) is 0 Å². The Balaban J connectivity index is 1.61. The van der Waals surface area contributed by atoms with E-state index in [9.17, 15) is 5.11 Å². The first-order chi connectivity index (χ1) is 7.24. The number of rotatable bonds is 5. The number of nitrogens with one attached hydrogen (secondary N) is 1. The Morgan fingerprint density at radius 2 is 2.20 bits per heavy atom. The van der Waals surface area contributed by atoms with Crippen LogP contribution in [-0.4, -0.2) is 48.3 Å². The van der Waals surface area contributed by atoms with Gasteiger partial charge in [-0.2, -0.15) is 0 Å². The van der Waals surface area contributed by atoms with Gasteiger partial charge in [0.15, 0.2) is 0 Å². The van der Waals surface area contributed by atoms with Gasteiger partial charge in [-0.25, -0.2) is 0 Å². The molecule has 2 aliphatic rings. The van der Waals surface area contributed by atoms with Crippen molar-refractivity contribution in [3.63, 3.8) is 0 Å². The molecule has 1 aliphatic heterocycles. The van der Waals surface area contributed by atoms with Crippen LogP contribution in [0.4, 0.5) is 0 Å². The van der Waals surface area contributed by atoms with Crippen LogP contribution in [0, 0.1) is 5.92 Å². The number of likely N-dealkylation sites (tertiary alicyclic amines) is 1. The Kier molecular flexibility index (Phi) is 4.00. The first-order valence-corrected chi connectivity index (χ1v) is 6.38. The molecule has 2 atom stereocenters. The van der Waals surface area contributed by atoms with Crippen LogP contribution < -0.4 is 5.32 Å². The fourth-order valence-corrected chi connectivity index (χ4v) is 2.41. The zero-order chi connectivity index (χ0) is 10.7. The topological polar surface area (TPSA) is 35.5 Å². The van der Waals surface area contributed by atoms with Crippen LogP contribution in [0.25, 0.3) is 0 Å². The lowest BCUT2D eigenvalue weighted by atomic mass is 10.00. The predicted octanol–water partition coefficient (Wildman–Crippen LogP) is 0.831. The van der Waals surface area contributed by atoms with Crippen molar-refractivity contribution in [2.24, 2.45) is 5.92 Å². The van der Waals surface area contributed by atoms with Gasteiger partial charge in [-0.1, -0.05) is 6.92 Å². The van der Waals surface area contributed by atoms with Gasteiger partial charge in [0.25, 0.3) is 0 Å². The molecule has 1 saturated carbocycles. The van der Waals surface area contributed by atoms with Crippen molar-refractivity contribution < 1.29 is 5.11 Å². The van der Waals surface area contributed by atoms with E-state index in [0.29, 0.717) is 6.04 Å². The highest BCUT2D eigenvalue weighted by Gasteiger charge is 2.23. The quantitative estimate of drug-likeness (QED) is 0.708. The molecule has 2 fully saturated rings. The fraction of sp³-hybridized carbons (Fsp3) is 1.00. The summed E-state index contributed by atoms with van der Waals surface area (Å²) in [6.45, 7) is 6.27. The number of nitrogens with zero attached hydrogens (tertiary/aromatic N) is 1. The molecule has 1 saturated heterocycles. The molecule has 15 heavy (non-hydrogen) atoms. The minimum absolute atomic E-state index is 0.184. The van der Waals surface area contributed by atoms with Gasteiger partial charge < -0.3 is 15.3 Å².